The lowest BCUT2D eigenvalue weighted by atomic mass is 9.81. The van der Waals surface area contributed by atoms with Crippen molar-refractivity contribution >= 4 is 0 Å². The largest absolute Gasteiger partial charge is 0.309 e. The van der Waals surface area contributed by atoms with E-state index in [0.29, 0.717) is 6.04 Å². The van der Waals surface area contributed by atoms with Gasteiger partial charge in [0.25, 0.3) is 0 Å². The van der Waals surface area contributed by atoms with E-state index in [1.807, 2.05) is 6.92 Å². The molecule has 0 amide bonds. The minimum atomic E-state index is 0.171. The Morgan fingerprint density at radius 2 is 1.89 bits per heavy atom. The fraction of sp³-hybridized carbons (Fsp3) is 0.529. The summed E-state index contributed by atoms with van der Waals surface area (Å²) in [5.74, 6) is 6.19. The molecule has 1 rings (SSSR count). The van der Waals surface area contributed by atoms with Gasteiger partial charge in [-0.25, -0.2) is 0 Å². The molecule has 1 N–H and O–H groups in total. The van der Waals surface area contributed by atoms with E-state index in [1.54, 1.807) is 0 Å². The van der Waals surface area contributed by atoms with Crippen LogP contribution in [0.25, 0.3) is 0 Å². The van der Waals surface area contributed by atoms with Gasteiger partial charge in [0.1, 0.15) is 0 Å². The van der Waals surface area contributed by atoms with Crippen molar-refractivity contribution in [3.05, 3.63) is 35.4 Å². The first kappa shape index (κ1) is 14.8. The van der Waals surface area contributed by atoms with Gasteiger partial charge in [-0.1, -0.05) is 52.0 Å². The van der Waals surface area contributed by atoms with Gasteiger partial charge in [0.15, 0.2) is 0 Å². The molecule has 1 nitrogen and oxygen atoms in total. The molecule has 0 aliphatic heterocycles. The van der Waals surface area contributed by atoms with E-state index in [-0.39, 0.29) is 5.41 Å². The summed E-state index contributed by atoms with van der Waals surface area (Å²) in [5, 5.41) is 3.54. The molecule has 0 radical (unpaired) electrons. The van der Waals surface area contributed by atoms with Crippen LogP contribution in [-0.2, 0) is 5.41 Å². The minimum Gasteiger partial charge on any atom is -0.309 e. The Balaban J connectivity index is 3.13. The smallest absolute Gasteiger partial charge is 0.0433 e. The van der Waals surface area contributed by atoms with Crippen LogP contribution in [0.2, 0.25) is 0 Å². The highest BCUT2D eigenvalue weighted by molar-refractivity contribution is 5.35. The molecule has 0 aliphatic rings. The van der Waals surface area contributed by atoms with Crippen molar-refractivity contribution in [3.8, 4) is 11.8 Å². The summed E-state index contributed by atoms with van der Waals surface area (Å²) in [6.07, 6.45) is 0.872. The third kappa shape index (κ3) is 3.89. The maximum Gasteiger partial charge on any atom is 0.0433 e. The summed E-state index contributed by atoms with van der Waals surface area (Å²) in [6, 6.07) is 9.04. The van der Waals surface area contributed by atoms with E-state index in [1.165, 1.54) is 11.1 Å². The van der Waals surface area contributed by atoms with Gasteiger partial charge in [-0.3, -0.25) is 0 Å². The highest BCUT2D eigenvalue weighted by Crippen LogP contribution is 2.30. The highest BCUT2D eigenvalue weighted by atomic mass is 14.9. The van der Waals surface area contributed by atoms with Gasteiger partial charge in [0.2, 0.25) is 0 Å². The molecule has 1 aromatic carbocycles. The SMILES string of the molecule is CC#CCC(NCC)c1ccccc1C(C)(C)C. The summed E-state index contributed by atoms with van der Waals surface area (Å²) < 4.78 is 0. The van der Waals surface area contributed by atoms with E-state index in [9.17, 15) is 0 Å². The van der Waals surface area contributed by atoms with Crippen molar-refractivity contribution < 1.29 is 0 Å². The molecule has 0 bridgehead atoms. The topological polar surface area (TPSA) is 12.0 Å². The summed E-state index contributed by atoms with van der Waals surface area (Å²) in [4.78, 5) is 0. The molecular weight excluding hydrogens is 218 g/mol. The highest BCUT2D eigenvalue weighted by Gasteiger charge is 2.21. The molecule has 1 atom stereocenters. The van der Waals surface area contributed by atoms with Crippen LogP contribution >= 0.6 is 0 Å². The molecule has 1 aromatic rings. The van der Waals surface area contributed by atoms with Crippen molar-refractivity contribution in [2.24, 2.45) is 0 Å². The summed E-state index contributed by atoms with van der Waals surface area (Å²) in [7, 11) is 0. The van der Waals surface area contributed by atoms with Crippen LogP contribution in [0.1, 0.15) is 58.2 Å². The Hall–Kier alpha value is -1.26. The molecular formula is C17H25N. The normalized spacial score (nSPS) is 12.7. The molecule has 0 fully saturated rings. The van der Waals surface area contributed by atoms with Crippen LogP contribution in [0.5, 0.6) is 0 Å². The average molecular weight is 243 g/mol. The van der Waals surface area contributed by atoms with Crippen LogP contribution in [0.3, 0.4) is 0 Å². The van der Waals surface area contributed by atoms with Gasteiger partial charge >= 0.3 is 0 Å². The molecule has 1 unspecified atom stereocenters. The van der Waals surface area contributed by atoms with Crippen LogP contribution in [-0.4, -0.2) is 6.54 Å². The van der Waals surface area contributed by atoms with E-state index < -0.39 is 0 Å². The Morgan fingerprint density at radius 1 is 1.22 bits per heavy atom. The number of hydrogen-bond donors (Lipinski definition) is 1. The van der Waals surface area contributed by atoms with E-state index in [2.05, 4.69) is 69.1 Å². The predicted octanol–water partition coefficient (Wildman–Crippen LogP) is 4.05. The van der Waals surface area contributed by atoms with Crippen molar-refractivity contribution in [3.63, 3.8) is 0 Å². The van der Waals surface area contributed by atoms with E-state index in [4.69, 9.17) is 0 Å². The van der Waals surface area contributed by atoms with Gasteiger partial charge < -0.3 is 5.32 Å². The molecule has 18 heavy (non-hydrogen) atoms. The lowest BCUT2D eigenvalue weighted by molar-refractivity contribution is 0.527. The number of benzene rings is 1. The van der Waals surface area contributed by atoms with Gasteiger partial charge in [-0.05, 0) is 30.0 Å². The predicted molar refractivity (Wildman–Crippen MR) is 79.6 cm³/mol. The van der Waals surface area contributed by atoms with Gasteiger partial charge in [0, 0.05) is 12.5 Å². The lowest BCUT2D eigenvalue weighted by Crippen LogP contribution is -2.24. The summed E-state index contributed by atoms with van der Waals surface area (Å²) >= 11 is 0. The van der Waals surface area contributed by atoms with Crippen molar-refractivity contribution in [1.82, 2.24) is 5.32 Å². The van der Waals surface area contributed by atoms with Gasteiger partial charge in [0.05, 0.1) is 0 Å². The second-order valence-electron chi connectivity index (χ2n) is 5.58. The Morgan fingerprint density at radius 3 is 2.44 bits per heavy atom. The average Bonchev–Trinajstić information content (AvgIpc) is 2.33. The van der Waals surface area contributed by atoms with Crippen molar-refractivity contribution in [2.75, 3.05) is 6.54 Å². The zero-order valence-corrected chi connectivity index (χ0v) is 12.3. The fourth-order valence-electron chi connectivity index (χ4n) is 2.23. The quantitative estimate of drug-likeness (QED) is 0.787. The molecule has 0 aromatic heterocycles. The molecule has 0 saturated heterocycles. The number of nitrogens with one attached hydrogen (secondary N) is 1. The fourth-order valence-corrected chi connectivity index (χ4v) is 2.23. The Bertz CT molecular complexity index is 429. The molecule has 98 valence electrons. The summed E-state index contributed by atoms with van der Waals surface area (Å²) in [5.41, 5.74) is 2.97. The monoisotopic (exact) mass is 243 g/mol. The molecule has 0 spiro atoms. The van der Waals surface area contributed by atoms with Crippen LogP contribution < -0.4 is 5.32 Å². The van der Waals surface area contributed by atoms with Crippen LogP contribution in [0.15, 0.2) is 24.3 Å². The maximum absolute atomic E-state index is 3.54. The Kier molecular flexibility index (Phi) is 5.44. The first-order chi connectivity index (χ1) is 8.50. The van der Waals surface area contributed by atoms with E-state index >= 15 is 0 Å². The summed E-state index contributed by atoms with van der Waals surface area (Å²) in [6.45, 7) is 11.8. The third-order valence-electron chi connectivity index (χ3n) is 3.08. The molecule has 0 aliphatic carbocycles. The van der Waals surface area contributed by atoms with Crippen molar-refractivity contribution in [2.45, 2.75) is 52.5 Å². The zero-order chi connectivity index (χ0) is 13.6. The van der Waals surface area contributed by atoms with Crippen LogP contribution in [0.4, 0.5) is 0 Å². The third-order valence-corrected chi connectivity index (χ3v) is 3.08. The minimum absolute atomic E-state index is 0.171. The van der Waals surface area contributed by atoms with Gasteiger partial charge in [-0.2, -0.15) is 0 Å². The first-order valence-corrected chi connectivity index (χ1v) is 6.73. The molecule has 0 saturated carbocycles. The molecule has 1 heteroatoms. The zero-order valence-electron chi connectivity index (χ0n) is 12.3. The number of rotatable bonds is 4. The second kappa shape index (κ2) is 6.61. The van der Waals surface area contributed by atoms with E-state index in [0.717, 1.165) is 13.0 Å². The molecule has 0 heterocycles. The van der Waals surface area contributed by atoms with Gasteiger partial charge in [-0.15, -0.1) is 11.8 Å². The van der Waals surface area contributed by atoms with Crippen LogP contribution in [0, 0.1) is 11.8 Å². The Labute approximate surface area is 112 Å². The first-order valence-electron chi connectivity index (χ1n) is 6.73. The maximum atomic E-state index is 3.54. The number of hydrogen-bond acceptors (Lipinski definition) is 1. The van der Waals surface area contributed by atoms with Crippen molar-refractivity contribution in [1.29, 1.82) is 0 Å². The standard InChI is InChI=1S/C17H25N/c1-6-8-13-16(18-7-2)14-11-9-10-12-15(14)17(3,4)5/h9-12,16,18H,7,13H2,1-5H3. The second-order valence-corrected chi connectivity index (χ2v) is 5.58. The lowest BCUT2D eigenvalue weighted by Gasteiger charge is -2.27.